The van der Waals surface area contributed by atoms with E-state index in [1.165, 1.54) is 6.07 Å². The lowest BCUT2D eigenvalue weighted by molar-refractivity contribution is 0.160. The number of rotatable bonds is 2. The third kappa shape index (κ3) is 2.59. The predicted octanol–water partition coefficient (Wildman–Crippen LogP) is 3.67. The summed E-state index contributed by atoms with van der Waals surface area (Å²) in [5.41, 5.74) is 8.77. The van der Waals surface area contributed by atoms with Crippen molar-refractivity contribution in [1.82, 2.24) is 0 Å². The minimum atomic E-state index is -0.207. The first kappa shape index (κ1) is 13.9. The second kappa shape index (κ2) is 5.37. The standard InChI is InChI=1S/C17H18FNO2/c1-10-7-11(3-6-14(10)18)16-9-15(19)13-5-4-12(20-2)8-17(13)21-16/h3-8,15-16H,9,19H2,1-2H3. The van der Waals surface area contributed by atoms with Gasteiger partial charge in [0.1, 0.15) is 23.4 Å². The van der Waals surface area contributed by atoms with Crippen molar-refractivity contribution in [2.75, 3.05) is 7.11 Å². The minimum Gasteiger partial charge on any atom is -0.497 e. The van der Waals surface area contributed by atoms with Crippen LogP contribution < -0.4 is 15.2 Å². The average Bonchev–Trinajstić information content (AvgIpc) is 2.49. The maximum atomic E-state index is 13.4. The van der Waals surface area contributed by atoms with Crippen molar-refractivity contribution >= 4 is 0 Å². The van der Waals surface area contributed by atoms with Crippen molar-refractivity contribution < 1.29 is 13.9 Å². The van der Waals surface area contributed by atoms with Gasteiger partial charge in [0.05, 0.1) is 7.11 Å². The van der Waals surface area contributed by atoms with E-state index in [1.807, 2.05) is 24.3 Å². The van der Waals surface area contributed by atoms with Crippen molar-refractivity contribution in [1.29, 1.82) is 0 Å². The molecule has 21 heavy (non-hydrogen) atoms. The van der Waals surface area contributed by atoms with Crippen molar-refractivity contribution in [3.63, 3.8) is 0 Å². The molecule has 0 radical (unpaired) electrons. The Morgan fingerprint density at radius 3 is 2.76 bits per heavy atom. The molecule has 3 nitrogen and oxygen atoms in total. The van der Waals surface area contributed by atoms with Gasteiger partial charge in [-0.05, 0) is 36.2 Å². The van der Waals surface area contributed by atoms with Crippen LogP contribution in [0.15, 0.2) is 36.4 Å². The average molecular weight is 287 g/mol. The van der Waals surface area contributed by atoms with E-state index in [0.29, 0.717) is 12.0 Å². The van der Waals surface area contributed by atoms with Gasteiger partial charge in [0.15, 0.2) is 0 Å². The van der Waals surface area contributed by atoms with Crippen LogP contribution >= 0.6 is 0 Å². The number of halogens is 1. The molecule has 0 spiro atoms. The van der Waals surface area contributed by atoms with Crippen molar-refractivity contribution in [2.45, 2.75) is 25.5 Å². The Bertz CT molecular complexity index is 672. The SMILES string of the molecule is COc1ccc2c(c1)OC(c1ccc(F)c(C)c1)CC2N. The molecule has 4 heteroatoms. The van der Waals surface area contributed by atoms with Crippen LogP contribution in [-0.4, -0.2) is 7.11 Å². The zero-order valence-electron chi connectivity index (χ0n) is 12.1. The normalized spacial score (nSPS) is 20.6. The number of aryl methyl sites for hydroxylation is 1. The summed E-state index contributed by atoms with van der Waals surface area (Å²) in [5.74, 6) is 1.26. The fraction of sp³-hybridized carbons (Fsp3) is 0.294. The van der Waals surface area contributed by atoms with E-state index in [2.05, 4.69) is 0 Å². The number of fused-ring (bicyclic) bond motifs is 1. The van der Waals surface area contributed by atoms with E-state index >= 15 is 0 Å². The summed E-state index contributed by atoms with van der Waals surface area (Å²) in [4.78, 5) is 0. The van der Waals surface area contributed by atoms with Crippen LogP contribution in [0.25, 0.3) is 0 Å². The van der Waals surface area contributed by atoms with Gasteiger partial charge in [0, 0.05) is 24.1 Å². The van der Waals surface area contributed by atoms with Crippen molar-refractivity contribution in [3.05, 3.63) is 58.9 Å². The van der Waals surface area contributed by atoms with Gasteiger partial charge in [-0.1, -0.05) is 12.1 Å². The van der Waals surface area contributed by atoms with E-state index in [9.17, 15) is 4.39 Å². The smallest absolute Gasteiger partial charge is 0.128 e. The summed E-state index contributed by atoms with van der Waals surface area (Å²) in [6.45, 7) is 1.75. The highest BCUT2D eigenvalue weighted by Gasteiger charge is 2.27. The second-order valence-corrected chi connectivity index (χ2v) is 5.36. The third-order valence-electron chi connectivity index (χ3n) is 3.91. The van der Waals surface area contributed by atoms with Crippen molar-refractivity contribution in [2.24, 2.45) is 5.73 Å². The molecule has 2 N–H and O–H groups in total. The zero-order chi connectivity index (χ0) is 15.0. The Labute approximate surface area is 123 Å². The first-order chi connectivity index (χ1) is 10.1. The molecule has 0 saturated carbocycles. The number of hydrogen-bond donors (Lipinski definition) is 1. The van der Waals surface area contributed by atoms with E-state index in [4.69, 9.17) is 15.2 Å². The van der Waals surface area contributed by atoms with E-state index < -0.39 is 0 Å². The summed E-state index contributed by atoms with van der Waals surface area (Å²) in [6.07, 6.45) is 0.503. The summed E-state index contributed by atoms with van der Waals surface area (Å²) >= 11 is 0. The van der Waals surface area contributed by atoms with Gasteiger partial charge in [0.2, 0.25) is 0 Å². The summed E-state index contributed by atoms with van der Waals surface area (Å²) in [7, 11) is 1.62. The quantitative estimate of drug-likeness (QED) is 0.916. The second-order valence-electron chi connectivity index (χ2n) is 5.36. The largest absolute Gasteiger partial charge is 0.497 e. The number of hydrogen-bond acceptors (Lipinski definition) is 3. The molecule has 2 atom stereocenters. The van der Waals surface area contributed by atoms with Crippen LogP contribution in [0.4, 0.5) is 4.39 Å². The van der Waals surface area contributed by atoms with Crippen LogP contribution in [0, 0.1) is 12.7 Å². The Morgan fingerprint density at radius 1 is 1.24 bits per heavy atom. The molecule has 3 rings (SSSR count). The maximum absolute atomic E-state index is 13.4. The van der Waals surface area contributed by atoms with Gasteiger partial charge in [-0.2, -0.15) is 0 Å². The molecule has 110 valence electrons. The first-order valence-electron chi connectivity index (χ1n) is 6.94. The van der Waals surface area contributed by atoms with Gasteiger partial charge in [0.25, 0.3) is 0 Å². The molecular weight excluding hydrogens is 269 g/mol. The Kier molecular flexibility index (Phi) is 3.55. The van der Waals surface area contributed by atoms with Crippen LogP contribution in [0.5, 0.6) is 11.5 Å². The van der Waals surface area contributed by atoms with Gasteiger partial charge in [-0.25, -0.2) is 4.39 Å². The number of ether oxygens (including phenoxy) is 2. The summed E-state index contributed by atoms with van der Waals surface area (Å²) < 4.78 is 24.7. The van der Waals surface area contributed by atoms with Crippen LogP contribution in [0.3, 0.4) is 0 Å². The molecule has 0 saturated heterocycles. The highest BCUT2D eigenvalue weighted by Crippen LogP contribution is 2.41. The molecule has 2 aromatic carbocycles. The lowest BCUT2D eigenvalue weighted by Crippen LogP contribution is -2.24. The highest BCUT2D eigenvalue weighted by molar-refractivity contribution is 5.44. The molecule has 0 aliphatic carbocycles. The lowest BCUT2D eigenvalue weighted by Gasteiger charge is -2.31. The zero-order valence-corrected chi connectivity index (χ0v) is 12.1. The van der Waals surface area contributed by atoms with Gasteiger partial charge in [-0.15, -0.1) is 0 Å². The molecular formula is C17H18FNO2. The van der Waals surface area contributed by atoms with E-state index in [1.54, 1.807) is 20.1 Å². The molecule has 0 amide bonds. The lowest BCUT2D eigenvalue weighted by atomic mass is 9.93. The van der Waals surface area contributed by atoms with E-state index in [-0.39, 0.29) is 18.0 Å². The van der Waals surface area contributed by atoms with E-state index in [0.717, 1.165) is 22.6 Å². The number of nitrogens with two attached hydrogens (primary N) is 1. The third-order valence-corrected chi connectivity index (χ3v) is 3.91. The molecule has 1 heterocycles. The molecule has 0 bridgehead atoms. The Balaban J connectivity index is 1.94. The molecule has 1 aliphatic rings. The van der Waals surface area contributed by atoms with Crippen LogP contribution in [0.2, 0.25) is 0 Å². The van der Waals surface area contributed by atoms with Gasteiger partial charge in [-0.3, -0.25) is 0 Å². The fourth-order valence-electron chi connectivity index (χ4n) is 2.68. The highest BCUT2D eigenvalue weighted by atomic mass is 19.1. The molecule has 1 aliphatic heterocycles. The fourth-order valence-corrected chi connectivity index (χ4v) is 2.68. The number of methoxy groups -OCH3 is 1. The van der Waals surface area contributed by atoms with Gasteiger partial charge >= 0.3 is 0 Å². The van der Waals surface area contributed by atoms with Gasteiger partial charge < -0.3 is 15.2 Å². The maximum Gasteiger partial charge on any atom is 0.128 e. The van der Waals surface area contributed by atoms with Crippen LogP contribution in [0.1, 0.15) is 35.3 Å². The topological polar surface area (TPSA) is 44.5 Å². The molecule has 0 fully saturated rings. The van der Waals surface area contributed by atoms with Crippen molar-refractivity contribution in [3.8, 4) is 11.5 Å². The monoisotopic (exact) mass is 287 g/mol. The molecule has 0 aromatic heterocycles. The first-order valence-corrected chi connectivity index (χ1v) is 6.94. The number of benzene rings is 2. The predicted molar refractivity (Wildman–Crippen MR) is 79.0 cm³/mol. The Morgan fingerprint density at radius 2 is 2.05 bits per heavy atom. The molecule has 2 unspecified atom stereocenters. The molecule has 2 aromatic rings. The summed E-state index contributed by atoms with van der Waals surface area (Å²) in [6, 6.07) is 10.6. The Hall–Kier alpha value is -2.07. The van der Waals surface area contributed by atoms with Crippen LogP contribution in [-0.2, 0) is 0 Å². The summed E-state index contributed by atoms with van der Waals surface area (Å²) in [5, 5.41) is 0. The minimum absolute atomic E-state index is 0.102.